The third-order valence-corrected chi connectivity index (χ3v) is 11.1. The summed E-state index contributed by atoms with van der Waals surface area (Å²) in [6, 6.07) is 6.40. The number of anilines is 1. The van der Waals surface area contributed by atoms with Gasteiger partial charge >= 0.3 is 5.97 Å². The molecule has 6 heterocycles. The molecule has 13 nitrogen and oxygen atoms in total. The highest BCUT2D eigenvalue weighted by atomic mass is 127. The van der Waals surface area contributed by atoms with Gasteiger partial charge < -0.3 is 53.8 Å². The van der Waals surface area contributed by atoms with Gasteiger partial charge in [0.15, 0.2) is 5.13 Å². The van der Waals surface area contributed by atoms with Crippen molar-refractivity contribution in [3.8, 4) is 5.75 Å². The van der Waals surface area contributed by atoms with Crippen molar-refractivity contribution in [3.63, 3.8) is 0 Å². The van der Waals surface area contributed by atoms with E-state index in [2.05, 4.69) is 26.8 Å². The summed E-state index contributed by atoms with van der Waals surface area (Å²) < 4.78 is 16.0. The number of piperidine rings is 3. The number of β-lactam (4-membered cyclic amide) rings is 1. The van der Waals surface area contributed by atoms with E-state index in [1.54, 1.807) is 19.2 Å². The number of oxime groups is 1. The summed E-state index contributed by atoms with van der Waals surface area (Å²) in [6.07, 6.45) is 3.48. The number of nitrogens with two attached hydrogens (primary N) is 1. The van der Waals surface area contributed by atoms with Crippen LogP contribution < -0.4 is 39.8 Å². The topological polar surface area (TPSA) is 158 Å². The summed E-state index contributed by atoms with van der Waals surface area (Å²) in [6.45, 7) is 6.31. The standard InChI is InChI=1S/C29H35N7O6S2.HI/c1-29-8-11-36(12-9-29,13-10-29)14-18-16-43-26-21(31-24(37)20(33-41-3)23-32-28(30)44-34-23)25(38)35(26)22(18)27(39)42-15-17-4-6-19(40-2)7-5-17;/h4-7,21,26H,8-16H2,1-3H3,(H2-,30,31,32,34,37);1H/b33-20-;/t21-,26+,29?,36?;/m1./s1. The number of quaternary nitrogens is 1. The number of aromatic nitrogens is 2. The Kier molecular flexibility index (Phi) is 9.96. The average Bonchev–Trinajstić information content (AvgIpc) is 3.47. The van der Waals surface area contributed by atoms with Crippen LogP contribution in [0.2, 0.25) is 0 Å². The zero-order valence-corrected chi connectivity index (χ0v) is 29.1. The summed E-state index contributed by atoms with van der Waals surface area (Å²) >= 11 is 2.45. The van der Waals surface area contributed by atoms with Crippen LogP contribution in [0.1, 0.15) is 37.6 Å². The molecule has 16 heteroatoms. The number of esters is 1. The zero-order chi connectivity index (χ0) is 31.1. The van der Waals surface area contributed by atoms with Gasteiger partial charge in [0.2, 0.25) is 11.5 Å². The molecular formula is C29H36IN7O6S2. The molecule has 4 fully saturated rings. The van der Waals surface area contributed by atoms with Crippen LogP contribution in [-0.2, 0) is 30.6 Å². The number of amides is 2. The van der Waals surface area contributed by atoms with Crippen LogP contribution in [0.15, 0.2) is 40.7 Å². The SMILES string of the molecule is CO/N=C(\C(=O)N[C@@H]1C(=O)N2C(C(=O)OCc3ccc(OC)cc3)=C(C[N+]34CCC(C)(CC3)CC4)CS[C@@H]12)c1nsc(N)n1.[I-]. The molecule has 5 aliphatic heterocycles. The molecule has 4 saturated heterocycles. The molecule has 7 rings (SSSR count). The molecule has 1 aromatic carbocycles. The van der Waals surface area contributed by atoms with Crippen molar-refractivity contribution in [1.29, 1.82) is 0 Å². The monoisotopic (exact) mass is 769 g/mol. The number of nitrogens with one attached hydrogen (secondary N) is 1. The van der Waals surface area contributed by atoms with Gasteiger partial charge in [-0.25, -0.2) is 4.79 Å². The van der Waals surface area contributed by atoms with Gasteiger partial charge in [-0.2, -0.15) is 9.36 Å². The molecule has 2 atom stereocenters. The van der Waals surface area contributed by atoms with Crippen LogP contribution in [-0.4, -0.2) is 99.8 Å². The van der Waals surface area contributed by atoms with Crippen molar-refractivity contribution in [3.05, 3.63) is 46.9 Å². The molecule has 3 N–H and O–H groups in total. The van der Waals surface area contributed by atoms with E-state index >= 15 is 0 Å². The molecule has 45 heavy (non-hydrogen) atoms. The van der Waals surface area contributed by atoms with Crippen molar-refractivity contribution in [2.24, 2.45) is 10.6 Å². The number of halogens is 1. The van der Waals surface area contributed by atoms with Gasteiger partial charge in [-0.1, -0.05) is 24.2 Å². The number of hydrogen-bond acceptors (Lipinski definition) is 12. The Morgan fingerprint density at radius 1 is 1.18 bits per heavy atom. The van der Waals surface area contributed by atoms with E-state index in [0.717, 1.165) is 66.0 Å². The minimum absolute atomic E-state index is 0. The molecule has 2 amide bonds. The van der Waals surface area contributed by atoms with Gasteiger partial charge in [0, 0.05) is 42.1 Å². The molecule has 0 unspecified atom stereocenters. The first-order valence-corrected chi connectivity index (χ1v) is 16.3. The fraction of sp³-hybridized carbons (Fsp3) is 0.517. The second-order valence-corrected chi connectivity index (χ2v) is 13.9. The summed E-state index contributed by atoms with van der Waals surface area (Å²) in [5.74, 6) is -0.349. The lowest BCUT2D eigenvalue weighted by Crippen LogP contribution is -3.00. The highest BCUT2D eigenvalue weighted by Crippen LogP contribution is 2.46. The molecule has 5 aliphatic rings. The molecule has 0 aliphatic carbocycles. The van der Waals surface area contributed by atoms with Crippen LogP contribution in [0.3, 0.4) is 0 Å². The maximum absolute atomic E-state index is 13.8. The maximum atomic E-state index is 13.8. The third-order valence-electron chi connectivity index (χ3n) is 9.20. The quantitative estimate of drug-likeness (QED) is 0.0760. The number of methoxy groups -OCH3 is 1. The Labute approximate surface area is 286 Å². The van der Waals surface area contributed by atoms with Crippen LogP contribution in [0.25, 0.3) is 0 Å². The fourth-order valence-electron chi connectivity index (χ4n) is 6.42. The number of nitrogens with zero attached hydrogens (tertiary/aromatic N) is 5. The van der Waals surface area contributed by atoms with Crippen molar-refractivity contribution >= 4 is 51.9 Å². The smallest absolute Gasteiger partial charge is 0.355 e. The molecule has 1 aromatic heterocycles. The number of benzene rings is 1. The lowest BCUT2D eigenvalue weighted by atomic mass is 9.72. The van der Waals surface area contributed by atoms with E-state index in [9.17, 15) is 14.4 Å². The Balaban J connectivity index is 0.00000400. The number of carbonyl (C=O) groups is 3. The normalized spacial score (nSPS) is 27.2. The Morgan fingerprint density at radius 2 is 1.87 bits per heavy atom. The second kappa shape index (κ2) is 13.4. The minimum Gasteiger partial charge on any atom is -1.00 e. The van der Waals surface area contributed by atoms with Crippen LogP contribution in [0.5, 0.6) is 5.75 Å². The highest BCUT2D eigenvalue weighted by Gasteiger charge is 2.56. The summed E-state index contributed by atoms with van der Waals surface area (Å²) in [7, 11) is 2.89. The second-order valence-electron chi connectivity index (χ2n) is 12.0. The predicted molar refractivity (Wildman–Crippen MR) is 164 cm³/mol. The Bertz CT molecular complexity index is 1510. The van der Waals surface area contributed by atoms with Crippen molar-refractivity contribution < 1.29 is 57.2 Å². The number of rotatable bonds is 10. The lowest BCUT2D eigenvalue weighted by Gasteiger charge is -2.55. The molecule has 0 spiro atoms. The van der Waals surface area contributed by atoms with Crippen LogP contribution in [0.4, 0.5) is 5.13 Å². The largest absolute Gasteiger partial charge is 1.00 e. The molecular weight excluding hydrogens is 733 g/mol. The summed E-state index contributed by atoms with van der Waals surface area (Å²) in [5, 5.41) is 6.19. The maximum Gasteiger partial charge on any atom is 0.355 e. The summed E-state index contributed by atoms with van der Waals surface area (Å²) in [4.78, 5) is 51.0. The number of hydrogen-bond donors (Lipinski definition) is 2. The van der Waals surface area contributed by atoms with Gasteiger partial charge in [0.1, 0.15) is 43.1 Å². The Morgan fingerprint density at radius 3 is 2.47 bits per heavy atom. The Hall–Kier alpha value is -2.96. The van der Waals surface area contributed by atoms with E-state index < -0.39 is 29.2 Å². The number of nitrogen functional groups attached to an aromatic ring is 1. The molecule has 0 radical (unpaired) electrons. The molecule has 2 aromatic rings. The first-order chi connectivity index (χ1) is 21.1. The van der Waals surface area contributed by atoms with E-state index in [-0.39, 0.29) is 47.3 Å². The van der Waals surface area contributed by atoms with Crippen molar-refractivity contribution in [2.75, 3.05) is 51.9 Å². The van der Waals surface area contributed by atoms with E-state index in [4.69, 9.17) is 20.0 Å². The van der Waals surface area contributed by atoms with Gasteiger partial charge in [-0.05, 0) is 23.1 Å². The number of ether oxygens (including phenoxy) is 2. The predicted octanol–water partition coefficient (Wildman–Crippen LogP) is -1.10. The molecule has 2 bridgehead atoms. The van der Waals surface area contributed by atoms with Crippen molar-refractivity contribution in [1.82, 2.24) is 19.6 Å². The number of thioether (sulfide) groups is 1. The van der Waals surface area contributed by atoms with Gasteiger partial charge in [-0.15, -0.1) is 11.8 Å². The van der Waals surface area contributed by atoms with E-state index in [1.165, 1.54) is 23.8 Å². The first-order valence-electron chi connectivity index (χ1n) is 14.5. The highest BCUT2D eigenvalue weighted by molar-refractivity contribution is 8.00. The number of fused-ring (bicyclic) bond motifs is 4. The zero-order valence-electron chi connectivity index (χ0n) is 25.3. The van der Waals surface area contributed by atoms with Crippen LogP contribution in [0, 0.1) is 5.41 Å². The van der Waals surface area contributed by atoms with E-state index in [1.807, 2.05) is 12.1 Å². The lowest BCUT2D eigenvalue weighted by molar-refractivity contribution is -0.941. The number of carbonyl (C=O) groups excluding carboxylic acids is 3. The van der Waals surface area contributed by atoms with Crippen LogP contribution >= 0.6 is 23.3 Å². The third kappa shape index (κ3) is 6.64. The van der Waals surface area contributed by atoms with Gasteiger partial charge in [0.05, 0.1) is 26.7 Å². The summed E-state index contributed by atoms with van der Waals surface area (Å²) in [5.41, 5.74) is 7.91. The first kappa shape index (κ1) is 33.4. The fourth-order valence-corrected chi connectivity index (χ4v) is 8.19. The van der Waals surface area contributed by atoms with Gasteiger partial charge in [0.25, 0.3) is 11.8 Å². The minimum atomic E-state index is -0.880. The van der Waals surface area contributed by atoms with E-state index in [0.29, 0.717) is 29.2 Å². The average molecular weight is 770 g/mol. The molecule has 0 saturated carbocycles. The van der Waals surface area contributed by atoms with Crippen molar-refractivity contribution in [2.45, 2.75) is 44.2 Å². The molecule has 242 valence electrons. The van der Waals surface area contributed by atoms with Gasteiger partial charge in [-0.3, -0.25) is 14.5 Å².